The molecule has 1 aliphatic carbocycles. The number of methoxy groups -OCH3 is 2. The van der Waals surface area contributed by atoms with E-state index in [0.717, 1.165) is 6.42 Å². The summed E-state index contributed by atoms with van der Waals surface area (Å²) in [7, 11) is 2.68. The van der Waals surface area contributed by atoms with E-state index in [1.165, 1.54) is 20.3 Å². The van der Waals surface area contributed by atoms with Crippen LogP contribution in [0.2, 0.25) is 0 Å². The maximum absolute atomic E-state index is 14.0. The lowest BCUT2D eigenvalue weighted by atomic mass is 9.64. The van der Waals surface area contributed by atoms with Gasteiger partial charge >= 0.3 is 5.97 Å². The van der Waals surface area contributed by atoms with Crippen LogP contribution in [0.4, 0.5) is 4.39 Å². The predicted molar refractivity (Wildman–Crippen MR) is 62.7 cm³/mol. The Kier molecular flexibility index (Phi) is 3.15. The lowest BCUT2D eigenvalue weighted by molar-refractivity contribution is -0.147. The third-order valence-corrected chi connectivity index (χ3v) is 3.62. The number of benzene rings is 1. The van der Waals surface area contributed by atoms with Crippen LogP contribution in [-0.2, 0) is 10.2 Å². The number of aliphatic carboxylic acids is 1. The van der Waals surface area contributed by atoms with Crippen molar-refractivity contribution in [3.05, 3.63) is 23.5 Å². The molecule has 1 aromatic carbocycles. The highest BCUT2D eigenvalue weighted by Gasteiger charge is 2.48. The molecule has 0 bridgehead atoms. The Balaban J connectivity index is 2.57. The van der Waals surface area contributed by atoms with Crippen molar-refractivity contribution in [1.82, 2.24) is 0 Å². The molecule has 1 aliphatic rings. The molecule has 0 unspecified atom stereocenters. The summed E-state index contributed by atoms with van der Waals surface area (Å²) in [4.78, 5) is 11.4. The molecular weight excluding hydrogens is 239 g/mol. The molecule has 2 rings (SSSR count). The predicted octanol–water partition coefficient (Wildman–Crippen LogP) is 2.35. The molecule has 98 valence electrons. The Labute approximate surface area is 104 Å². The molecule has 5 heteroatoms. The van der Waals surface area contributed by atoms with E-state index in [1.54, 1.807) is 6.07 Å². The van der Waals surface area contributed by atoms with Crippen molar-refractivity contribution in [2.45, 2.75) is 24.7 Å². The van der Waals surface area contributed by atoms with Gasteiger partial charge in [-0.15, -0.1) is 0 Å². The quantitative estimate of drug-likeness (QED) is 0.896. The summed E-state index contributed by atoms with van der Waals surface area (Å²) in [5.74, 6) is -1.56. The van der Waals surface area contributed by atoms with Gasteiger partial charge in [-0.25, -0.2) is 0 Å². The summed E-state index contributed by atoms with van der Waals surface area (Å²) in [6.07, 6.45) is 1.83. The highest BCUT2D eigenvalue weighted by atomic mass is 19.1. The van der Waals surface area contributed by atoms with Gasteiger partial charge in [0, 0.05) is 5.56 Å². The minimum absolute atomic E-state index is 0.0311. The average Bonchev–Trinajstić information content (AvgIpc) is 2.27. The minimum Gasteiger partial charge on any atom is -0.494 e. The van der Waals surface area contributed by atoms with Crippen molar-refractivity contribution in [2.24, 2.45) is 0 Å². The first-order valence-electron chi connectivity index (χ1n) is 5.71. The fourth-order valence-corrected chi connectivity index (χ4v) is 2.40. The van der Waals surface area contributed by atoms with E-state index in [4.69, 9.17) is 9.47 Å². The standard InChI is InChI=1S/C13H15FO4/c1-17-9-5-4-8(11(18-2)10(9)14)13(12(15)16)6-3-7-13/h4-5H,3,6-7H2,1-2H3,(H,15,16). The summed E-state index contributed by atoms with van der Waals surface area (Å²) in [6.45, 7) is 0. The molecule has 0 heterocycles. The van der Waals surface area contributed by atoms with Crippen LogP contribution in [-0.4, -0.2) is 25.3 Å². The van der Waals surface area contributed by atoms with Crippen LogP contribution in [0.5, 0.6) is 11.5 Å². The van der Waals surface area contributed by atoms with Crippen molar-refractivity contribution in [1.29, 1.82) is 0 Å². The summed E-state index contributed by atoms with van der Waals surface area (Å²) in [5, 5.41) is 9.37. The molecule has 0 atom stereocenters. The molecule has 18 heavy (non-hydrogen) atoms. The van der Waals surface area contributed by atoms with Crippen LogP contribution in [0.15, 0.2) is 12.1 Å². The molecular formula is C13H15FO4. The van der Waals surface area contributed by atoms with E-state index in [0.29, 0.717) is 18.4 Å². The molecule has 0 aliphatic heterocycles. The largest absolute Gasteiger partial charge is 0.494 e. The van der Waals surface area contributed by atoms with Crippen LogP contribution in [0, 0.1) is 5.82 Å². The highest BCUT2D eigenvalue weighted by Crippen LogP contribution is 2.49. The van der Waals surface area contributed by atoms with Gasteiger partial charge in [-0.2, -0.15) is 4.39 Å². The van der Waals surface area contributed by atoms with E-state index < -0.39 is 17.2 Å². The maximum atomic E-state index is 14.0. The van der Waals surface area contributed by atoms with Gasteiger partial charge in [0.25, 0.3) is 0 Å². The van der Waals surface area contributed by atoms with Gasteiger partial charge in [-0.05, 0) is 18.9 Å². The first-order chi connectivity index (χ1) is 8.56. The van der Waals surface area contributed by atoms with E-state index in [-0.39, 0.29) is 11.5 Å². The van der Waals surface area contributed by atoms with Crippen molar-refractivity contribution >= 4 is 5.97 Å². The first-order valence-corrected chi connectivity index (χ1v) is 5.71. The third kappa shape index (κ3) is 1.62. The first kappa shape index (κ1) is 12.7. The lowest BCUT2D eigenvalue weighted by Crippen LogP contribution is -2.42. The zero-order chi connectivity index (χ0) is 13.3. The summed E-state index contributed by atoms with van der Waals surface area (Å²) < 4.78 is 23.9. The fraction of sp³-hybridized carbons (Fsp3) is 0.462. The molecule has 0 spiro atoms. The number of carboxylic acid groups (broad SMARTS) is 1. The van der Waals surface area contributed by atoms with E-state index in [9.17, 15) is 14.3 Å². The molecule has 0 saturated heterocycles. The molecule has 0 amide bonds. The summed E-state index contributed by atoms with van der Waals surface area (Å²) in [6, 6.07) is 3.02. The summed E-state index contributed by atoms with van der Waals surface area (Å²) in [5.41, 5.74) is -0.625. The Hall–Kier alpha value is -1.78. The zero-order valence-corrected chi connectivity index (χ0v) is 10.3. The average molecular weight is 254 g/mol. The Morgan fingerprint density at radius 3 is 2.39 bits per heavy atom. The van der Waals surface area contributed by atoms with E-state index in [2.05, 4.69) is 0 Å². The second-order valence-electron chi connectivity index (χ2n) is 4.40. The molecule has 1 saturated carbocycles. The maximum Gasteiger partial charge on any atom is 0.314 e. The second-order valence-corrected chi connectivity index (χ2v) is 4.40. The molecule has 4 nitrogen and oxygen atoms in total. The molecule has 1 aromatic rings. The topological polar surface area (TPSA) is 55.8 Å². The fourth-order valence-electron chi connectivity index (χ4n) is 2.40. The van der Waals surface area contributed by atoms with Crippen LogP contribution in [0.25, 0.3) is 0 Å². The van der Waals surface area contributed by atoms with Gasteiger partial charge in [0.15, 0.2) is 11.5 Å². The van der Waals surface area contributed by atoms with Gasteiger partial charge in [0.2, 0.25) is 5.82 Å². The van der Waals surface area contributed by atoms with Gasteiger partial charge in [-0.3, -0.25) is 4.79 Å². The number of carbonyl (C=O) groups is 1. The molecule has 1 N–H and O–H groups in total. The Bertz CT molecular complexity index is 480. The second kappa shape index (κ2) is 4.48. The number of halogens is 1. The van der Waals surface area contributed by atoms with Crippen LogP contribution in [0.3, 0.4) is 0 Å². The Morgan fingerprint density at radius 1 is 1.33 bits per heavy atom. The van der Waals surface area contributed by atoms with E-state index in [1.807, 2.05) is 0 Å². The van der Waals surface area contributed by atoms with Gasteiger partial charge in [0.1, 0.15) is 0 Å². The van der Waals surface area contributed by atoms with Crippen LogP contribution in [0.1, 0.15) is 24.8 Å². The lowest BCUT2D eigenvalue weighted by Gasteiger charge is -2.38. The number of ether oxygens (including phenoxy) is 2. The molecule has 1 fully saturated rings. The molecule has 0 radical (unpaired) electrons. The minimum atomic E-state index is -1.02. The normalized spacial score (nSPS) is 16.8. The smallest absolute Gasteiger partial charge is 0.314 e. The van der Waals surface area contributed by atoms with Crippen molar-refractivity contribution in [2.75, 3.05) is 14.2 Å². The Morgan fingerprint density at radius 2 is 2.00 bits per heavy atom. The molecule has 0 aromatic heterocycles. The number of rotatable bonds is 4. The van der Waals surface area contributed by atoms with Gasteiger partial charge < -0.3 is 14.6 Å². The van der Waals surface area contributed by atoms with Crippen LogP contribution < -0.4 is 9.47 Å². The zero-order valence-electron chi connectivity index (χ0n) is 10.3. The van der Waals surface area contributed by atoms with Gasteiger partial charge in [0.05, 0.1) is 19.6 Å². The monoisotopic (exact) mass is 254 g/mol. The van der Waals surface area contributed by atoms with Crippen molar-refractivity contribution in [3.63, 3.8) is 0 Å². The van der Waals surface area contributed by atoms with Crippen molar-refractivity contribution < 1.29 is 23.8 Å². The van der Waals surface area contributed by atoms with E-state index >= 15 is 0 Å². The number of hydrogen-bond donors (Lipinski definition) is 1. The van der Waals surface area contributed by atoms with Gasteiger partial charge in [-0.1, -0.05) is 12.5 Å². The highest BCUT2D eigenvalue weighted by molar-refractivity contribution is 5.84. The third-order valence-electron chi connectivity index (χ3n) is 3.62. The SMILES string of the molecule is COc1ccc(C2(C(=O)O)CCC2)c(OC)c1F. The van der Waals surface area contributed by atoms with Crippen LogP contribution >= 0.6 is 0 Å². The number of hydrogen-bond acceptors (Lipinski definition) is 3. The summed E-state index contributed by atoms with van der Waals surface area (Å²) >= 11 is 0. The number of carboxylic acids is 1. The van der Waals surface area contributed by atoms with Crippen molar-refractivity contribution in [3.8, 4) is 11.5 Å².